The quantitative estimate of drug-likeness (QED) is 0.409. The van der Waals surface area contributed by atoms with Gasteiger partial charge in [-0.2, -0.15) is 4.37 Å². The number of anilines is 2. The van der Waals surface area contributed by atoms with Gasteiger partial charge >= 0.3 is 0 Å². The lowest BCUT2D eigenvalue weighted by Gasteiger charge is -2.11. The fourth-order valence-electron chi connectivity index (χ4n) is 3.03. The van der Waals surface area contributed by atoms with Gasteiger partial charge in [0.1, 0.15) is 5.75 Å². The molecule has 164 valence electrons. The molecule has 2 N–H and O–H groups in total. The van der Waals surface area contributed by atoms with Crippen molar-refractivity contribution in [3.05, 3.63) is 78.0 Å². The van der Waals surface area contributed by atoms with Crippen LogP contribution in [-0.2, 0) is 14.8 Å². The molecular formula is C23H21N3O4S2. The summed E-state index contributed by atoms with van der Waals surface area (Å²) in [5.74, 6) is 0.0726. The number of carbonyl (C=O) groups excluding carboxylic acids is 1. The van der Waals surface area contributed by atoms with Crippen molar-refractivity contribution in [2.24, 2.45) is 0 Å². The van der Waals surface area contributed by atoms with E-state index in [0.29, 0.717) is 17.1 Å². The molecule has 1 aromatic heterocycles. The summed E-state index contributed by atoms with van der Waals surface area (Å²) in [6.45, 7) is 3.69. The van der Waals surface area contributed by atoms with E-state index in [1.54, 1.807) is 24.4 Å². The minimum atomic E-state index is -3.73. The number of aryl methyl sites for hydroxylation is 2. The summed E-state index contributed by atoms with van der Waals surface area (Å²) < 4.78 is 38.5. The first-order valence-electron chi connectivity index (χ1n) is 9.77. The number of fused-ring (bicyclic) bond motifs is 1. The molecule has 0 unspecified atom stereocenters. The molecule has 0 fully saturated rings. The Morgan fingerprint density at radius 2 is 1.72 bits per heavy atom. The van der Waals surface area contributed by atoms with Gasteiger partial charge in [-0.05, 0) is 91.1 Å². The summed E-state index contributed by atoms with van der Waals surface area (Å²) in [7, 11) is -3.73. The molecule has 4 rings (SSSR count). The third-order valence-electron chi connectivity index (χ3n) is 4.90. The van der Waals surface area contributed by atoms with E-state index in [4.69, 9.17) is 4.74 Å². The highest BCUT2D eigenvalue weighted by molar-refractivity contribution is 7.92. The summed E-state index contributed by atoms with van der Waals surface area (Å²) >= 11 is 1.39. The molecule has 0 saturated heterocycles. The van der Waals surface area contributed by atoms with Gasteiger partial charge < -0.3 is 10.1 Å². The summed E-state index contributed by atoms with van der Waals surface area (Å²) in [6, 6.07) is 16.8. The van der Waals surface area contributed by atoms with Gasteiger partial charge in [0.2, 0.25) is 0 Å². The smallest absolute Gasteiger partial charge is 0.262 e. The molecule has 0 aliphatic carbocycles. The van der Waals surface area contributed by atoms with E-state index >= 15 is 0 Å². The Labute approximate surface area is 190 Å². The number of aromatic nitrogens is 1. The normalized spacial score (nSPS) is 11.3. The van der Waals surface area contributed by atoms with E-state index in [0.717, 1.165) is 21.2 Å². The Morgan fingerprint density at radius 3 is 2.47 bits per heavy atom. The maximum Gasteiger partial charge on any atom is 0.262 e. The molecule has 32 heavy (non-hydrogen) atoms. The summed E-state index contributed by atoms with van der Waals surface area (Å²) in [6.07, 6.45) is 1.75. The highest BCUT2D eigenvalue weighted by Crippen LogP contribution is 2.23. The van der Waals surface area contributed by atoms with Gasteiger partial charge in [-0.1, -0.05) is 6.07 Å². The predicted molar refractivity (Wildman–Crippen MR) is 127 cm³/mol. The van der Waals surface area contributed by atoms with Crippen LogP contribution in [0.2, 0.25) is 0 Å². The first-order chi connectivity index (χ1) is 15.3. The maximum atomic E-state index is 12.6. The molecule has 9 heteroatoms. The van der Waals surface area contributed by atoms with Crippen molar-refractivity contribution < 1.29 is 17.9 Å². The number of hydrogen-bond donors (Lipinski definition) is 2. The molecule has 0 radical (unpaired) electrons. The van der Waals surface area contributed by atoms with Gasteiger partial charge in [-0.25, -0.2) is 8.42 Å². The van der Waals surface area contributed by atoms with Crippen LogP contribution < -0.4 is 14.8 Å². The van der Waals surface area contributed by atoms with E-state index in [9.17, 15) is 13.2 Å². The Hall–Kier alpha value is -3.43. The Morgan fingerprint density at radius 1 is 0.969 bits per heavy atom. The number of benzene rings is 3. The first-order valence-corrected chi connectivity index (χ1v) is 12.0. The van der Waals surface area contributed by atoms with Crippen molar-refractivity contribution >= 4 is 48.9 Å². The van der Waals surface area contributed by atoms with Crippen LogP contribution in [0, 0.1) is 13.8 Å². The molecular weight excluding hydrogens is 446 g/mol. The lowest BCUT2D eigenvalue weighted by molar-refractivity contribution is -0.118. The van der Waals surface area contributed by atoms with Crippen LogP contribution in [0.3, 0.4) is 0 Å². The molecule has 1 amide bonds. The highest BCUT2D eigenvalue weighted by atomic mass is 32.2. The van der Waals surface area contributed by atoms with Gasteiger partial charge in [0.25, 0.3) is 15.9 Å². The van der Waals surface area contributed by atoms with Crippen molar-refractivity contribution in [1.29, 1.82) is 0 Å². The average molecular weight is 468 g/mol. The molecule has 0 atom stereocenters. The number of rotatable bonds is 7. The zero-order valence-electron chi connectivity index (χ0n) is 17.5. The van der Waals surface area contributed by atoms with E-state index in [1.165, 1.54) is 35.8 Å². The number of carbonyl (C=O) groups is 1. The fourth-order valence-corrected chi connectivity index (χ4v) is 4.71. The predicted octanol–water partition coefficient (Wildman–Crippen LogP) is 4.73. The molecule has 0 saturated carbocycles. The zero-order valence-corrected chi connectivity index (χ0v) is 19.1. The number of nitrogens with zero attached hydrogens (tertiary/aromatic N) is 1. The van der Waals surface area contributed by atoms with E-state index in [2.05, 4.69) is 14.4 Å². The lowest BCUT2D eigenvalue weighted by atomic mass is 10.1. The van der Waals surface area contributed by atoms with Gasteiger partial charge in [0, 0.05) is 23.0 Å². The summed E-state index contributed by atoms with van der Waals surface area (Å²) in [4.78, 5) is 12.3. The molecule has 0 aliphatic rings. The number of hydrogen-bond acceptors (Lipinski definition) is 6. The highest BCUT2D eigenvalue weighted by Gasteiger charge is 2.15. The standard InChI is InChI=1S/C23H21N3O4S2/c1-15-3-4-19(11-16(15)2)26-32(28,29)21-8-6-20(7-9-21)30-14-23(27)25-18-5-10-22-17(12-18)13-24-31-22/h3-13,26H,14H2,1-2H3,(H,25,27). The SMILES string of the molecule is Cc1ccc(NS(=O)(=O)c2ccc(OCC(=O)Nc3ccc4sncc4c3)cc2)cc1C. The molecule has 7 nitrogen and oxygen atoms in total. The second-order valence-electron chi connectivity index (χ2n) is 7.29. The Bertz CT molecular complexity index is 1380. The molecule has 0 bridgehead atoms. The van der Waals surface area contributed by atoms with E-state index in [-0.39, 0.29) is 17.4 Å². The van der Waals surface area contributed by atoms with E-state index < -0.39 is 10.0 Å². The monoisotopic (exact) mass is 467 g/mol. The van der Waals surface area contributed by atoms with Crippen molar-refractivity contribution in [2.45, 2.75) is 18.7 Å². The maximum absolute atomic E-state index is 12.6. The van der Waals surface area contributed by atoms with Crippen LogP contribution >= 0.6 is 11.5 Å². The van der Waals surface area contributed by atoms with Gasteiger partial charge in [-0.15, -0.1) is 0 Å². The molecule has 3 aromatic carbocycles. The third-order valence-corrected chi connectivity index (χ3v) is 7.08. The van der Waals surface area contributed by atoms with Crippen molar-refractivity contribution in [1.82, 2.24) is 4.37 Å². The minimum absolute atomic E-state index is 0.102. The summed E-state index contributed by atoms with van der Waals surface area (Å²) in [5, 5.41) is 3.73. The Kier molecular flexibility index (Phi) is 6.11. The number of ether oxygens (including phenoxy) is 1. The fraction of sp³-hybridized carbons (Fsp3) is 0.130. The van der Waals surface area contributed by atoms with Gasteiger partial charge in [0.05, 0.1) is 9.60 Å². The lowest BCUT2D eigenvalue weighted by Crippen LogP contribution is -2.20. The first kappa shape index (κ1) is 21.8. The van der Waals surface area contributed by atoms with Crippen molar-refractivity contribution in [2.75, 3.05) is 16.6 Å². The molecule has 0 spiro atoms. The van der Waals surface area contributed by atoms with Gasteiger partial charge in [0.15, 0.2) is 6.61 Å². The second kappa shape index (κ2) is 8.97. The van der Waals surface area contributed by atoms with Gasteiger partial charge in [-0.3, -0.25) is 9.52 Å². The van der Waals surface area contributed by atoms with Crippen LogP contribution in [0.4, 0.5) is 11.4 Å². The number of amides is 1. The minimum Gasteiger partial charge on any atom is -0.484 e. The van der Waals surface area contributed by atoms with Crippen molar-refractivity contribution in [3.8, 4) is 5.75 Å². The van der Waals surface area contributed by atoms with Crippen LogP contribution in [0.1, 0.15) is 11.1 Å². The molecule has 1 heterocycles. The van der Waals surface area contributed by atoms with E-state index in [1.807, 2.05) is 32.0 Å². The Balaban J connectivity index is 1.35. The molecule has 0 aliphatic heterocycles. The van der Waals surface area contributed by atoms with Crippen LogP contribution in [0.25, 0.3) is 10.1 Å². The van der Waals surface area contributed by atoms with Crippen LogP contribution in [0.15, 0.2) is 71.8 Å². The topological polar surface area (TPSA) is 97.4 Å². The summed E-state index contributed by atoms with van der Waals surface area (Å²) in [5.41, 5.74) is 3.24. The van der Waals surface area contributed by atoms with Crippen molar-refractivity contribution in [3.63, 3.8) is 0 Å². The molecule has 4 aromatic rings. The third kappa shape index (κ3) is 5.06. The second-order valence-corrected chi connectivity index (χ2v) is 9.81. The number of nitrogens with one attached hydrogen (secondary N) is 2. The number of sulfonamides is 1. The average Bonchev–Trinajstić information content (AvgIpc) is 3.23. The van der Waals surface area contributed by atoms with Crippen LogP contribution in [0.5, 0.6) is 5.75 Å². The zero-order chi connectivity index (χ0) is 22.7. The van der Waals surface area contributed by atoms with Crippen LogP contribution in [-0.4, -0.2) is 25.3 Å². The largest absolute Gasteiger partial charge is 0.484 e.